The lowest BCUT2D eigenvalue weighted by Gasteiger charge is -2.09. The third-order valence-electron chi connectivity index (χ3n) is 3.45. The van der Waals surface area contributed by atoms with Crippen molar-refractivity contribution in [3.05, 3.63) is 51.4 Å². The Hall–Kier alpha value is -1.80. The predicted molar refractivity (Wildman–Crippen MR) is 90.9 cm³/mol. The number of sulfone groups is 1. The lowest BCUT2D eigenvalue weighted by Crippen LogP contribution is -2.21. The Balaban J connectivity index is 2.55. The van der Waals surface area contributed by atoms with Crippen molar-refractivity contribution in [2.75, 3.05) is 12.5 Å². The van der Waals surface area contributed by atoms with E-state index in [1.807, 2.05) is 6.26 Å². The van der Waals surface area contributed by atoms with Crippen LogP contribution in [0, 0.1) is 0 Å². The zero-order valence-corrected chi connectivity index (χ0v) is 14.8. The number of hydrogen-bond acceptors (Lipinski definition) is 5. The van der Waals surface area contributed by atoms with E-state index >= 15 is 0 Å². The summed E-state index contributed by atoms with van der Waals surface area (Å²) in [6.07, 6.45) is 4.38. The Bertz CT molecular complexity index is 894. The fraction of sp³-hybridized carbons (Fsp3) is 0.333. The van der Waals surface area contributed by atoms with Crippen molar-refractivity contribution in [3.63, 3.8) is 0 Å². The first-order chi connectivity index (χ1) is 10.8. The molecule has 0 aliphatic carbocycles. The van der Waals surface area contributed by atoms with Crippen molar-refractivity contribution < 1.29 is 13.2 Å². The summed E-state index contributed by atoms with van der Waals surface area (Å²) < 4.78 is 24.7. The van der Waals surface area contributed by atoms with Crippen molar-refractivity contribution in [1.82, 2.24) is 9.78 Å². The summed E-state index contributed by atoms with van der Waals surface area (Å²) in [5.41, 5.74) is 0.640. The lowest BCUT2D eigenvalue weighted by molar-refractivity contribution is 0.103. The second kappa shape index (κ2) is 6.76. The van der Waals surface area contributed by atoms with Crippen LogP contribution in [0.1, 0.15) is 28.4 Å². The Kier molecular flexibility index (Phi) is 5.16. The van der Waals surface area contributed by atoms with Crippen LogP contribution in [0.15, 0.2) is 34.1 Å². The van der Waals surface area contributed by atoms with Gasteiger partial charge in [-0.05, 0) is 36.9 Å². The highest BCUT2D eigenvalue weighted by atomic mass is 32.2. The lowest BCUT2D eigenvalue weighted by atomic mass is 10.0. The van der Waals surface area contributed by atoms with Gasteiger partial charge in [0.25, 0.3) is 5.56 Å². The first-order valence-corrected chi connectivity index (χ1v) is 10.2. The Morgan fingerprint density at radius 1 is 1.30 bits per heavy atom. The first-order valence-electron chi connectivity index (χ1n) is 6.94. The second-order valence-electron chi connectivity index (χ2n) is 5.09. The number of nitrogens with zero attached hydrogens (tertiary/aromatic N) is 1. The zero-order valence-electron chi connectivity index (χ0n) is 13.1. The van der Waals surface area contributed by atoms with E-state index in [1.54, 1.807) is 6.92 Å². The number of carbonyl (C=O) groups is 1. The van der Waals surface area contributed by atoms with Gasteiger partial charge >= 0.3 is 0 Å². The summed E-state index contributed by atoms with van der Waals surface area (Å²) in [4.78, 5) is 24.9. The van der Waals surface area contributed by atoms with E-state index in [1.165, 1.54) is 40.8 Å². The summed E-state index contributed by atoms with van der Waals surface area (Å²) in [5, 5.41) is 2.74. The van der Waals surface area contributed by atoms with Gasteiger partial charge in [0.1, 0.15) is 5.56 Å². The van der Waals surface area contributed by atoms with E-state index in [2.05, 4.69) is 5.10 Å². The third-order valence-corrected chi connectivity index (χ3v) is 5.16. The van der Waals surface area contributed by atoms with Gasteiger partial charge in [0.05, 0.1) is 4.90 Å². The van der Waals surface area contributed by atoms with E-state index in [9.17, 15) is 18.0 Å². The number of hydrogen-bond donors (Lipinski definition) is 1. The maximum atomic E-state index is 12.7. The largest absolute Gasteiger partial charge is 0.302 e. The molecule has 1 N–H and O–H groups in total. The minimum atomic E-state index is -3.35. The molecule has 1 aromatic heterocycles. The number of nitrogens with one attached hydrogen (secondary N) is 1. The molecule has 23 heavy (non-hydrogen) atoms. The van der Waals surface area contributed by atoms with Gasteiger partial charge in [0.2, 0.25) is 0 Å². The van der Waals surface area contributed by atoms with Crippen molar-refractivity contribution in [1.29, 1.82) is 0 Å². The number of H-pyrrole nitrogens is 1. The van der Waals surface area contributed by atoms with Crippen molar-refractivity contribution in [3.8, 4) is 0 Å². The van der Waals surface area contributed by atoms with Crippen LogP contribution in [0.4, 0.5) is 0 Å². The molecule has 0 spiro atoms. The topological polar surface area (TPSA) is 89.0 Å². The molecule has 0 fully saturated rings. The van der Waals surface area contributed by atoms with Crippen LogP contribution in [0.2, 0.25) is 0 Å². The van der Waals surface area contributed by atoms with E-state index in [-0.39, 0.29) is 16.0 Å². The maximum Gasteiger partial charge on any atom is 0.277 e. The van der Waals surface area contributed by atoms with Gasteiger partial charge < -0.3 is 5.10 Å². The minimum Gasteiger partial charge on any atom is -0.302 e. The van der Waals surface area contributed by atoms with Gasteiger partial charge in [0.15, 0.2) is 15.6 Å². The molecule has 0 unspecified atom stereocenters. The highest BCUT2D eigenvalue weighted by Crippen LogP contribution is 2.22. The molecule has 1 aromatic carbocycles. The van der Waals surface area contributed by atoms with E-state index in [0.29, 0.717) is 23.4 Å². The molecule has 1 heterocycles. The number of rotatable bonds is 6. The van der Waals surface area contributed by atoms with Crippen LogP contribution in [0.3, 0.4) is 0 Å². The van der Waals surface area contributed by atoms with Crippen LogP contribution in [0.5, 0.6) is 0 Å². The summed E-state index contributed by atoms with van der Waals surface area (Å²) in [7, 11) is -3.35. The van der Waals surface area contributed by atoms with Gasteiger partial charge in [-0.2, -0.15) is 11.8 Å². The van der Waals surface area contributed by atoms with Crippen LogP contribution in [-0.4, -0.2) is 36.5 Å². The SMILES string of the molecule is CCn1[nH]cc(C(=O)c2ccc(S(C)(=O)=O)cc2CSC)c1=O. The third kappa shape index (κ3) is 3.59. The summed E-state index contributed by atoms with van der Waals surface area (Å²) >= 11 is 1.48. The van der Waals surface area contributed by atoms with E-state index in [4.69, 9.17) is 0 Å². The number of ketones is 1. The van der Waals surface area contributed by atoms with Gasteiger partial charge in [-0.15, -0.1) is 0 Å². The van der Waals surface area contributed by atoms with Gasteiger partial charge in [-0.3, -0.25) is 14.3 Å². The monoisotopic (exact) mass is 354 g/mol. The Morgan fingerprint density at radius 2 is 2.00 bits per heavy atom. The molecule has 0 saturated heterocycles. The molecular formula is C15H18N2O4S2. The summed E-state index contributed by atoms with van der Waals surface area (Å²) in [6.45, 7) is 2.24. The van der Waals surface area contributed by atoms with Crippen LogP contribution >= 0.6 is 11.8 Å². The second-order valence-corrected chi connectivity index (χ2v) is 7.97. The van der Waals surface area contributed by atoms with Gasteiger partial charge in [0, 0.05) is 30.3 Å². The van der Waals surface area contributed by atoms with Crippen molar-refractivity contribution in [2.45, 2.75) is 24.1 Å². The number of aromatic amines is 1. The van der Waals surface area contributed by atoms with Gasteiger partial charge in [-0.25, -0.2) is 8.42 Å². The van der Waals surface area contributed by atoms with E-state index < -0.39 is 15.6 Å². The van der Waals surface area contributed by atoms with E-state index in [0.717, 1.165) is 6.26 Å². The minimum absolute atomic E-state index is 0.0568. The maximum absolute atomic E-state index is 12.7. The fourth-order valence-electron chi connectivity index (χ4n) is 2.25. The quantitative estimate of drug-likeness (QED) is 0.798. The number of benzene rings is 1. The average molecular weight is 354 g/mol. The Labute approximate surface area is 138 Å². The van der Waals surface area contributed by atoms with Gasteiger partial charge in [-0.1, -0.05) is 0 Å². The molecule has 0 atom stereocenters. The molecule has 6 nitrogen and oxygen atoms in total. The molecule has 124 valence electrons. The molecular weight excluding hydrogens is 336 g/mol. The molecule has 0 aliphatic heterocycles. The molecule has 0 radical (unpaired) electrons. The molecule has 2 rings (SSSR count). The number of carbonyl (C=O) groups excluding carboxylic acids is 1. The summed E-state index contributed by atoms with van der Waals surface area (Å²) in [6, 6.07) is 4.38. The average Bonchev–Trinajstić information content (AvgIpc) is 2.87. The van der Waals surface area contributed by atoms with Crippen LogP contribution in [0.25, 0.3) is 0 Å². The normalized spacial score (nSPS) is 11.6. The number of aryl methyl sites for hydroxylation is 1. The first kappa shape index (κ1) is 17.6. The fourth-order valence-corrected chi connectivity index (χ4v) is 3.47. The smallest absolute Gasteiger partial charge is 0.277 e. The van der Waals surface area contributed by atoms with Crippen molar-refractivity contribution in [2.24, 2.45) is 0 Å². The molecule has 2 aromatic rings. The Morgan fingerprint density at radius 3 is 2.52 bits per heavy atom. The molecule has 0 bridgehead atoms. The summed E-state index contributed by atoms with van der Waals surface area (Å²) in [5.74, 6) is 0.0825. The number of aromatic nitrogens is 2. The zero-order chi connectivity index (χ0) is 17.2. The molecule has 8 heteroatoms. The highest BCUT2D eigenvalue weighted by molar-refractivity contribution is 7.97. The predicted octanol–water partition coefficient (Wildman–Crippen LogP) is 1.69. The molecule has 0 aliphatic rings. The highest BCUT2D eigenvalue weighted by Gasteiger charge is 2.20. The molecule has 0 amide bonds. The molecule has 0 saturated carbocycles. The van der Waals surface area contributed by atoms with Crippen molar-refractivity contribution >= 4 is 27.4 Å². The van der Waals surface area contributed by atoms with Crippen LogP contribution < -0.4 is 5.56 Å². The number of thioether (sulfide) groups is 1. The standard InChI is InChI=1S/C15H18N2O4S2/c1-4-17-15(19)13(8-16-17)14(18)12-6-5-11(23(3,20)21)7-10(12)9-22-2/h5-8,16H,4,9H2,1-3H3. The van der Waals surface area contributed by atoms with Crippen LogP contribution in [-0.2, 0) is 22.1 Å².